The van der Waals surface area contributed by atoms with Crippen LogP contribution in [-0.4, -0.2) is 64.6 Å². The molecule has 0 saturated carbocycles. The normalized spacial score (nSPS) is 22.2. The Hall–Kier alpha value is -2.54. The van der Waals surface area contributed by atoms with Crippen LogP contribution in [0.4, 0.5) is 4.79 Å². The second kappa shape index (κ2) is 7.23. The molecule has 2 aromatic rings. The summed E-state index contributed by atoms with van der Waals surface area (Å²) in [6.07, 6.45) is 2.52. The van der Waals surface area contributed by atoms with E-state index in [-0.39, 0.29) is 18.2 Å². The molecule has 3 heterocycles. The summed E-state index contributed by atoms with van der Waals surface area (Å²) in [5.74, 6) is 0.844. The number of aromatic nitrogens is 2. The zero-order valence-corrected chi connectivity index (χ0v) is 16.1. The van der Waals surface area contributed by atoms with E-state index in [2.05, 4.69) is 16.9 Å². The van der Waals surface area contributed by atoms with Gasteiger partial charge in [-0.3, -0.25) is 14.5 Å². The van der Waals surface area contributed by atoms with Crippen LogP contribution in [0.2, 0.25) is 0 Å². The molecular weight excluding hydrogens is 344 g/mol. The second-order valence-electron chi connectivity index (χ2n) is 7.35. The van der Waals surface area contributed by atoms with Crippen LogP contribution in [0.25, 0.3) is 0 Å². The Morgan fingerprint density at radius 2 is 2.04 bits per heavy atom. The molecule has 4 rings (SSSR count). The Bertz CT molecular complexity index is 817. The summed E-state index contributed by atoms with van der Waals surface area (Å²) >= 11 is 0. The Morgan fingerprint density at radius 1 is 1.26 bits per heavy atom. The van der Waals surface area contributed by atoms with Gasteiger partial charge in [-0.05, 0) is 31.0 Å². The number of amides is 1. The highest BCUT2D eigenvalue weighted by molar-refractivity contribution is 5.71. The molecule has 144 valence electrons. The van der Waals surface area contributed by atoms with Crippen molar-refractivity contribution in [3.8, 4) is 5.75 Å². The zero-order chi connectivity index (χ0) is 19.0. The minimum Gasteiger partial charge on any atom is -0.497 e. The lowest BCUT2D eigenvalue weighted by Gasteiger charge is -2.22. The maximum absolute atomic E-state index is 12.3. The summed E-state index contributed by atoms with van der Waals surface area (Å²) in [5, 5.41) is 4.32. The number of hydrogen-bond acceptors (Lipinski definition) is 5. The fourth-order valence-corrected chi connectivity index (χ4v) is 3.95. The molecule has 27 heavy (non-hydrogen) atoms. The summed E-state index contributed by atoms with van der Waals surface area (Å²) < 4.78 is 12.7. The summed E-state index contributed by atoms with van der Waals surface area (Å²) in [4.78, 5) is 16.5. The fraction of sp³-hybridized carbons (Fsp3) is 0.500. The summed E-state index contributed by atoms with van der Waals surface area (Å²) in [5.41, 5.74) is 3.60. The van der Waals surface area contributed by atoms with Crippen LogP contribution in [0.1, 0.15) is 16.8 Å². The number of aryl methyl sites for hydroxylation is 1. The topological polar surface area (TPSA) is 59.8 Å². The van der Waals surface area contributed by atoms with E-state index >= 15 is 0 Å². The van der Waals surface area contributed by atoms with Crippen molar-refractivity contribution in [3.63, 3.8) is 0 Å². The molecule has 1 amide bonds. The summed E-state index contributed by atoms with van der Waals surface area (Å²) in [6, 6.07) is 8.13. The lowest BCUT2D eigenvalue weighted by Crippen LogP contribution is -2.39. The predicted molar refractivity (Wildman–Crippen MR) is 101 cm³/mol. The van der Waals surface area contributed by atoms with E-state index in [1.807, 2.05) is 47.1 Å². The number of benzene rings is 1. The quantitative estimate of drug-likeness (QED) is 0.778. The van der Waals surface area contributed by atoms with E-state index < -0.39 is 0 Å². The van der Waals surface area contributed by atoms with Gasteiger partial charge in [-0.25, -0.2) is 4.79 Å². The van der Waals surface area contributed by atoms with Gasteiger partial charge < -0.3 is 9.47 Å². The molecule has 2 fully saturated rings. The number of carbonyl (C=O) groups is 1. The molecule has 7 nitrogen and oxygen atoms in total. The van der Waals surface area contributed by atoms with E-state index in [1.165, 1.54) is 16.8 Å². The molecule has 1 aromatic carbocycles. The van der Waals surface area contributed by atoms with Crippen molar-refractivity contribution >= 4 is 6.09 Å². The van der Waals surface area contributed by atoms with Gasteiger partial charge >= 0.3 is 6.09 Å². The van der Waals surface area contributed by atoms with Gasteiger partial charge in [-0.2, -0.15) is 5.10 Å². The van der Waals surface area contributed by atoms with Crippen LogP contribution in [0.15, 0.2) is 30.5 Å². The molecule has 0 N–H and O–H groups in total. The second-order valence-corrected chi connectivity index (χ2v) is 7.35. The lowest BCUT2D eigenvalue weighted by atomic mass is 10.1. The van der Waals surface area contributed by atoms with Gasteiger partial charge in [0.1, 0.15) is 11.9 Å². The molecule has 2 atom stereocenters. The molecular formula is C20H26N4O3. The van der Waals surface area contributed by atoms with E-state index in [4.69, 9.17) is 9.47 Å². The maximum atomic E-state index is 12.3. The van der Waals surface area contributed by atoms with Gasteiger partial charge in [0.15, 0.2) is 0 Å². The Morgan fingerprint density at radius 3 is 2.70 bits per heavy atom. The largest absolute Gasteiger partial charge is 0.497 e. The molecule has 1 aromatic heterocycles. The average Bonchev–Trinajstić information content (AvgIpc) is 3.29. The lowest BCUT2D eigenvalue weighted by molar-refractivity contribution is 0.120. The van der Waals surface area contributed by atoms with Gasteiger partial charge in [0, 0.05) is 44.5 Å². The Balaban J connectivity index is 1.36. The highest BCUT2D eigenvalue weighted by Crippen LogP contribution is 2.28. The average molecular weight is 370 g/mol. The standard InChI is InChI=1S/C20H26N4O3/c1-14-16(10-21-22(14)2)11-23-12-18-19(13-23)27-20(25)24(18)9-8-15-4-6-17(26-3)7-5-15/h4-7,10,18-19H,8-9,11-13H2,1-3H3/t18-,19+/m1/s1. The van der Waals surface area contributed by atoms with Crippen molar-refractivity contribution < 1.29 is 14.3 Å². The molecule has 2 aliphatic heterocycles. The number of rotatable bonds is 6. The van der Waals surface area contributed by atoms with E-state index in [0.717, 1.165) is 31.8 Å². The molecule has 0 unspecified atom stereocenters. The van der Waals surface area contributed by atoms with Crippen molar-refractivity contribution in [1.29, 1.82) is 0 Å². The SMILES string of the molecule is COc1ccc(CCN2C(=O)O[C@H]3CN(Cc4cnn(C)c4C)C[C@H]32)cc1. The number of methoxy groups -OCH3 is 1. The molecule has 0 aliphatic carbocycles. The number of hydrogen-bond donors (Lipinski definition) is 0. The van der Waals surface area contributed by atoms with Gasteiger partial charge in [0.05, 0.1) is 19.3 Å². The third kappa shape index (κ3) is 3.51. The molecule has 7 heteroatoms. The minimum atomic E-state index is -0.185. The molecule has 0 spiro atoms. The highest BCUT2D eigenvalue weighted by atomic mass is 16.6. The van der Waals surface area contributed by atoms with Crippen molar-refractivity contribution in [1.82, 2.24) is 19.6 Å². The predicted octanol–water partition coefficient (Wildman–Crippen LogP) is 1.98. The minimum absolute atomic E-state index is 0.0367. The van der Waals surface area contributed by atoms with Crippen molar-refractivity contribution in [2.24, 2.45) is 7.05 Å². The van der Waals surface area contributed by atoms with Crippen molar-refractivity contribution in [3.05, 3.63) is 47.3 Å². The van der Waals surface area contributed by atoms with Gasteiger partial charge in [0.25, 0.3) is 0 Å². The third-order valence-corrected chi connectivity index (χ3v) is 5.73. The van der Waals surface area contributed by atoms with Crippen LogP contribution in [-0.2, 0) is 24.8 Å². The van der Waals surface area contributed by atoms with E-state index in [9.17, 15) is 4.79 Å². The van der Waals surface area contributed by atoms with Crippen LogP contribution in [0.3, 0.4) is 0 Å². The molecule has 2 aliphatic rings. The first-order chi connectivity index (χ1) is 13.0. The van der Waals surface area contributed by atoms with Crippen LogP contribution in [0, 0.1) is 6.92 Å². The first-order valence-electron chi connectivity index (χ1n) is 9.35. The highest BCUT2D eigenvalue weighted by Gasteiger charge is 2.47. The number of ether oxygens (including phenoxy) is 2. The molecule has 0 radical (unpaired) electrons. The first-order valence-corrected chi connectivity index (χ1v) is 9.35. The first kappa shape index (κ1) is 17.9. The fourth-order valence-electron chi connectivity index (χ4n) is 3.95. The van der Waals surface area contributed by atoms with Gasteiger partial charge in [-0.1, -0.05) is 12.1 Å². The Kier molecular flexibility index (Phi) is 4.78. The van der Waals surface area contributed by atoms with Crippen molar-refractivity contribution in [2.75, 3.05) is 26.7 Å². The number of nitrogens with zero attached hydrogens (tertiary/aromatic N) is 4. The van der Waals surface area contributed by atoms with Crippen LogP contribution >= 0.6 is 0 Å². The number of likely N-dealkylation sites (tertiary alicyclic amines) is 1. The van der Waals surface area contributed by atoms with Crippen LogP contribution < -0.4 is 4.74 Å². The number of carbonyl (C=O) groups excluding carboxylic acids is 1. The monoisotopic (exact) mass is 370 g/mol. The Labute approximate surface area is 159 Å². The third-order valence-electron chi connectivity index (χ3n) is 5.73. The van der Waals surface area contributed by atoms with Gasteiger partial charge in [-0.15, -0.1) is 0 Å². The van der Waals surface area contributed by atoms with Gasteiger partial charge in [0.2, 0.25) is 0 Å². The molecule has 0 bridgehead atoms. The molecule has 2 saturated heterocycles. The summed E-state index contributed by atoms with van der Waals surface area (Å²) in [6.45, 7) is 5.22. The van der Waals surface area contributed by atoms with E-state index in [0.29, 0.717) is 6.54 Å². The van der Waals surface area contributed by atoms with Crippen LogP contribution in [0.5, 0.6) is 5.75 Å². The summed E-state index contributed by atoms with van der Waals surface area (Å²) in [7, 11) is 3.62. The smallest absolute Gasteiger partial charge is 0.410 e. The maximum Gasteiger partial charge on any atom is 0.410 e. The number of fused-ring (bicyclic) bond motifs is 1. The van der Waals surface area contributed by atoms with Crippen molar-refractivity contribution in [2.45, 2.75) is 32.0 Å². The zero-order valence-electron chi connectivity index (χ0n) is 16.1. The van der Waals surface area contributed by atoms with E-state index in [1.54, 1.807) is 7.11 Å².